The Morgan fingerprint density at radius 3 is 2.68 bits per heavy atom. The molecule has 1 amide bonds. The van der Waals surface area contributed by atoms with E-state index in [0.717, 1.165) is 47.4 Å². The third kappa shape index (κ3) is 4.26. The second-order valence-corrected chi connectivity index (χ2v) is 10.0. The zero-order valence-corrected chi connectivity index (χ0v) is 21.0. The van der Waals surface area contributed by atoms with E-state index in [1.165, 1.54) is 16.2 Å². The van der Waals surface area contributed by atoms with Crippen LogP contribution in [0.5, 0.6) is 5.75 Å². The van der Waals surface area contributed by atoms with Gasteiger partial charge in [-0.1, -0.05) is 30.3 Å². The Morgan fingerprint density at radius 1 is 1.05 bits per heavy atom. The minimum atomic E-state index is -0.345. The molecule has 0 saturated carbocycles. The summed E-state index contributed by atoms with van der Waals surface area (Å²) in [5.74, 6) is 0.355. The smallest absolute Gasteiger partial charge is 0.261 e. The second kappa shape index (κ2) is 9.57. The Labute approximate surface area is 217 Å². The molecule has 0 atom stereocenters. The summed E-state index contributed by atoms with van der Waals surface area (Å²) >= 11 is 1.52. The average molecular weight is 506 g/mol. The molecule has 0 radical (unpaired) electrons. The highest BCUT2D eigenvalue weighted by atomic mass is 32.1. The summed E-state index contributed by atoms with van der Waals surface area (Å²) in [5.41, 5.74) is 3.42. The number of hydrogen-bond acceptors (Lipinski definition) is 6. The minimum absolute atomic E-state index is 0.184. The first-order valence-corrected chi connectivity index (χ1v) is 13.0. The van der Waals surface area contributed by atoms with Gasteiger partial charge in [-0.25, -0.2) is 4.99 Å². The van der Waals surface area contributed by atoms with Crippen molar-refractivity contribution in [2.45, 2.75) is 25.7 Å². The molecule has 5 aromatic rings. The molecule has 1 aliphatic rings. The summed E-state index contributed by atoms with van der Waals surface area (Å²) in [6, 6.07) is 23.2. The van der Waals surface area contributed by atoms with Crippen LogP contribution in [0, 0.1) is 11.3 Å². The standard InChI is InChI=1S/C30H23N3O3S/c1-35-20-13-11-19(12-14-20)32-28(34)24-16-23-21-7-3-2-6-18(21)10-15-26(23)36-29(24)33-30-25(17-31)22-8-4-5-9-27(22)37-30/h2-3,6-7,10-16H,4-5,8-9H2,1H3,(H,32,34)/b33-29-. The number of nitrogens with one attached hydrogen (secondary N) is 1. The second-order valence-electron chi connectivity index (χ2n) is 8.96. The van der Waals surface area contributed by atoms with Gasteiger partial charge < -0.3 is 14.5 Å². The van der Waals surface area contributed by atoms with E-state index >= 15 is 0 Å². The predicted octanol–water partition coefficient (Wildman–Crippen LogP) is 6.89. The lowest BCUT2D eigenvalue weighted by Gasteiger charge is -2.09. The van der Waals surface area contributed by atoms with Gasteiger partial charge in [-0.2, -0.15) is 5.26 Å². The van der Waals surface area contributed by atoms with Crippen LogP contribution in [0.3, 0.4) is 0 Å². The molecule has 182 valence electrons. The minimum Gasteiger partial charge on any atom is -0.497 e. The molecule has 0 fully saturated rings. The first-order valence-electron chi connectivity index (χ1n) is 12.1. The number of ether oxygens (including phenoxy) is 1. The van der Waals surface area contributed by atoms with E-state index in [4.69, 9.17) is 14.1 Å². The monoisotopic (exact) mass is 505 g/mol. The lowest BCUT2D eigenvalue weighted by atomic mass is 9.96. The van der Waals surface area contributed by atoms with E-state index in [1.807, 2.05) is 42.5 Å². The molecule has 0 bridgehead atoms. The van der Waals surface area contributed by atoms with Crippen molar-refractivity contribution in [1.29, 1.82) is 5.26 Å². The summed E-state index contributed by atoms with van der Waals surface area (Å²) in [5, 5.41) is 16.3. The van der Waals surface area contributed by atoms with Crippen LogP contribution in [0.2, 0.25) is 0 Å². The van der Waals surface area contributed by atoms with Crippen molar-refractivity contribution in [3.05, 3.63) is 93.9 Å². The van der Waals surface area contributed by atoms with Crippen molar-refractivity contribution < 1.29 is 13.9 Å². The largest absolute Gasteiger partial charge is 0.497 e. The van der Waals surface area contributed by atoms with E-state index < -0.39 is 0 Å². The first kappa shape index (κ1) is 23.0. The molecule has 2 heterocycles. The Kier molecular flexibility index (Phi) is 5.95. The molecular formula is C30H23N3O3S. The Bertz CT molecular complexity index is 1780. The molecule has 2 aromatic heterocycles. The lowest BCUT2D eigenvalue weighted by molar-refractivity contribution is 0.102. The Hall–Kier alpha value is -4.41. The maximum atomic E-state index is 13.6. The highest BCUT2D eigenvalue weighted by Crippen LogP contribution is 2.39. The predicted molar refractivity (Wildman–Crippen MR) is 146 cm³/mol. The molecule has 6 rings (SSSR count). The molecule has 3 aromatic carbocycles. The zero-order chi connectivity index (χ0) is 25.4. The van der Waals surface area contributed by atoms with Gasteiger partial charge in [0.05, 0.1) is 12.7 Å². The van der Waals surface area contributed by atoms with E-state index in [1.54, 1.807) is 31.4 Å². The molecule has 37 heavy (non-hydrogen) atoms. The van der Waals surface area contributed by atoms with Gasteiger partial charge in [0.25, 0.3) is 5.91 Å². The van der Waals surface area contributed by atoms with Crippen LogP contribution in [-0.2, 0) is 12.8 Å². The molecule has 0 aliphatic heterocycles. The number of carbonyl (C=O) groups is 1. The van der Waals surface area contributed by atoms with Gasteiger partial charge in [0.1, 0.15) is 28.0 Å². The van der Waals surface area contributed by atoms with Gasteiger partial charge in [-0.15, -0.1) is 11.3 Å². The summed E-state index contributed by atoms with van der Waals surface area (Å²) < 4.78 is 11.5. The number of nitriles is 1. The number of thiophene rings is 1. The van der Waals surface area contributed by atoms with Gasteiger partial charge in [-0.3, -0.25) is 4.79 Å². The van der Waals surface area contributed by atoms with E-state index in [0.29, 0.717) is 33.1 Å². The third-order valence-corrected chi connectivity index (χ3v) is 7.90. The molecule has 6 nitrogen and oxygen atoms in total. The molecule has 0 saturated heterocycles. The number of rotatable bonds is 4. The van der Waals surface area contributed by atoms with Gasteiger partial charge in [0.15, 0.2) is 0 Å². The fourth-order valence-corrected chi connectivity index (χ4v) is 6.04. The van der Waals surface area contributed by atoms with Gasteiger partial charge >= 0.3 is 0 Å². The molecule has 7 heteroatoms. The Morgan fingerprint density at radius 2 is 1.86 bits per heavy atom. The summed E-state index contributed by atoms with van der Waals surface area (Å²) in [7, 11) is 1.60. The topological polar surface area (TPSA) is 87.6 Å². The number of anilines is 1. The van der Waals surface area contributed by atoms with Crippen LogP contribution in [0.4, 0.5) is 10.7 Å². The van der Waals surface area contributed by atoms with Crippen molar-refractivity contribution >= 4 is 49.7 Å². The number of methoxy groups -OCH3 is 1. The van der Waals surface area contributed by atoms with Crippen LogP contribution >= 0.6 is 11.3 Å². The van der Waals surface area contributed by atoms with Crippen LogP contribution in [0.1, 0.15) is 39.2 Å². The fourth-order valence-electron chi connectivity index (χ4n) is 4.83. The van der Waals surface area contributed by atoms with Crippen molar-refractivity contribution in [1.82, 2.24) is 0 Å². The summed E-state index contributed by atoms with van der Waals surface area (Å²) in [6.45, 7) is 0. The van der Waals surface area contributed by atoms with E-state index in [-0.39, 0.29) is 11.5 Å². The highest BCUT2D eigenvalue weighted by molar-refractivity contribution is 7.16. The van der Waals surface area contributed by atoms with Crippen LogP contribution in [0.25, 0.3) is 21.7 Å². The molecule has 0 spiro atoms. The lowest BCUT2D eigenvalue weighted by Crippen LogP contribution is -2.21. The van der Waals surface area contributed by atoms with Crippen molar-refractivity contribution in [3.63, 3.8) is 0 Å². The first-order chi connectivity index (χ1) is 18.1. The molecule has 1 N–H and O–H groups in total. The Balaban J connectivity index is 1.54. The van der Waals surface area contributed by atoms with Crippen molar-refractivity contribution in [2.75, 3.05) is 12.4 Å². The van der Waals surface area contributed by atoms with Gasteiger partial charge in [-0.05, 0) is 78.4 Å². The average Bonchev–Trinajstić information content (AvgIpc) is 3.29. The number of carbonyl (C=O) groups excluding carboxylic acids is 1. The maximum absolute atomic E-state index is 13.6. The normalized spacial score (nSPS) is 13.4. The summed E-state index contributed by atoms with van der Waals surface area (Å²) in [4.78, 5) is 19.6. The number of nitrogens with zero attached hydrogens (tertiary/aromatic N) is 2. The van der Waals surface area contributed by atoms with Crippen molar-refractivity contribution in [3.8, 4) is 11.8 Å². The van der Waals surface area contributed by atoms with Crippen molar-refractivity contribution in [2.24, 2.45) is 4.99 Å². The summed E-state index contributed by atoms with van der Waals surface area (Å²) in [6.07, 6.45) is 4.02. The highest BCUT2D eigenvalue weighted by Gasteiger charge is 2.22. The molecule has 0 unspecified atom stereocenters. The number of amides is 1. The SMILES string of the molecule is COc1ccc(NC(=O)c2cc3c(ccc4ccccc43)o/c2=N\c2sc3c(c2C#N)CCCC3)cc1. The van der Waals surface area contributed by atoms with E-state index in [9.17, 15) is 10.1 Å². The third-order valence-electron chi connectivity index (χ3n) is 6.72. The van der Waals surface area contributed by atoms with Gasteiger partial charge in [0, 0.05) is 16.0 Å². The van der Waals surface area contributed by atoms with Crippen LogP contribution in [0.15, 0.2) is 76.1 Å². The van der Waals surface area contributed by atoms with Crippen LogP contribution in [-0.4, -0.2) is 13.0 Å². The van der Waals surface area contributed by atoms with Crippen LogP contribution < -0.4 is 15.6 Å². The molecule has 1 aliphatic carbocycles. The van der Waals surface area contributed by atoms with Gasteiger partial charge in [0.2, 0.25) is 5.55 Å². The number of aryl methyl sites for hydroxylation is 1. The number of benzene rings is 3. The molecular weight excluding hydrogens is 482 g/mol. The zero-order valence-electron chi connectivity index (χ0n) is 20.2. The van der Waals surface area contributed by atoms with E-state index in [2.05, 4.69) is 11.4 Å². The number of fused-ring (bicyclic) bond motifs is 4. The quantitative estimate of drug-likeness (QED) is 0.269. The fraction of sp³-hybridized carbons (Fsp3) is 0.167. The maximum Gasteiger partial charge on any atom is 0.261 e. The number of hydrogen-bond donors (Lipinski definition) is 1.